The number of amides is 1. The fourth-order valence-corrected chi connectivity index (χ4v) is 4.53. The Bertz CT molecular complexity index is 1090. The molecule has 1 aliphatic rings. The molecule has 11 heteroatoms. The maximum Gasteiger partial charge on any atom is 0.234 e. The number of anilines is 1. The largest absolute Gasteiger partial charge is 0.379 e. The van der Waals surface area contributed by atoms with Crippen molar-refractivity contribution in [1.82, 2.24) is 19.7 Å². The van der Waals surface area contributed by atoms with Crippen LogP contribution in [0.5, 0.6) is 0 Å². The van der Waals surface area contributed by atoms with E-state index < -0.39 is 0 Å². The number of ether oxygens (including phenoxy) is 1. The molecule has 1 aromatic heterocycles. The van der Waals surface area contributed by atoms with E-state index in [0.29, 0.717) is 40.6 Å². The molecule has 1 fully saturated rings. The van der Waals surface area contributed by atoms with Crippen molar-refractivity contribution < 1.29 is 9.53 Å². The zero-order chi connectivity index (χ0) is 22.5. The van der Waals surface area contributed by atoms with Crippen molar-refractivity contribution >= 4 is 62.5 Å². The number of carbonyl (C=O) groups excluding carboxylic acids is 1. The van der Waals surface area contributed by atoms with Crippen LogP contribution in [-0.2, 0) is 16.1 Å². The van der Waals surface area contributed by atoms with Gasteiger partial charge in [0.25, 0.3) is 0 Å². The monoisotopic (exact) mass is 555 g/mol. The quantitative estimate of drug-likeness (QED) is 0.417. The number of halogens is 3. The van der Waals surface area contributed by atoms with E-state index in [0.717, 1.165) is 29.1 Å². The fourth-order valence-electron chi connectivity index (χ4n) is 3.21. The number of thioether (sulfide) groups is 1. The third-order valence-electron chi connectivity index (χ3n) is 4.79. The summed E-state index contributed by atoms with van der Waals surface area (Å²) in [6.07, 6.45) is 0. The molecule has 0 unspecified atom stereocenters. The van der Waals surface area contributed by atoms with E-state index in [1.165, 1.54) is 11.8 Å². The molecular formula is C21H20BrCl2N5O2S. The summed E-state index contributed by atoms with van der Waals surface area (Å²) < 4.78 is 8.19. The predicted octanol–water partition coefficient (Wildman–Crippen LogP) is 4.90. The molecular weight excluding hydrogens is 537 g/mol. The van der Waals surface area contributed by atoms with E-state index in [2.05, 4.69) is 36.3 Å². The van der Waals surface area contributed by atoms with Crippen LogP contribution in [0, 0.1) is 0 Å². The molecule has 3 aromatic rings. The summed E-state index contributed by atoms with van der Waals surface area (Å²) in [7, 11) is 0. The van der Waals surface area contributed by atoms with Gasteiger partial charge in [-0.25, -0.2) is 0 Å². The minimum absolute atomic E-state index is 0.159. The number of nitrogens with zero attached hydrogens (tertiary/aromatic N) is 4. The summed E-state index contributed by atoms with van der Waals surface area (Å²) in [4.78, 5) is 14.8. The van der Waals surface area contributed by atoms with Gasteiger partial charge in [0.15, 0.2) is 11.0 Å². The van der Waals surface area contributed by atoms with Gasteiger partial charge in [-0.15, -0.1) is 10.2 Å². The summed E-state index contributed by atoms with van der Waals surface area (Å²) >= 11 is 16.8. The first-order valence-corrected chi connectivity index (χ1v) is 12.4. The number of rotatable bonds is 7. The van der Waals surface area contributed by atoms with Gasteiger partial charge in [0, 0.05) is 34.0 Å². The summed E-state index contributed by atoms with van der Waals surface area (Å²) in [5.41, 5.74) is 1.53. The lowest BCUT2D eigenvalue weighted by atomic mass is 10.3. The van der Waals surface area contributed by atoms with E-state index in [1.54, 1.807) is 18.2 Å². The van der Waals surface area contributed by atoms with Crippen molar-refractivity contribution in [2.24, 2.45) is 0 Å². The zero-order valence-electron chi connectivity index (χ0n) is 16.9. The molecule has 0 spiro atoms. The van der Waals surface area contributed by atoms with Gasteiger partial charge in [-0.1, -0.05) is 35.0 Å². The average molecular weight is 557 g/mol. The second-order valence-corrected chi connectivity index (χ2v) is 9.71. The maximum absolute atomic E-state index is 12.5. The number of hydrogen-bond acceptors (Lipinski definition) is 6. The molecule has 1 aliphatic heterocycles. The van der Waals surface area contributed by atoms with E-state index >= 15 is 0 Å². The van der Waals surface area contributed by atoms with Gasteiger partial charge in [0.05, 0.1) is 30.5 Å². The Labute approximate surface area is 208 Å². The van der Waals surface area contributed by atoms with Crippen molar-refractivity contribution in [2.75, 3.05) is 37.4 Å². The molecule has 168 valence electrons. The number of hydrogen-bond donors (Lipinski definition) is 1. The molecule has 1 amide bonds. The summed E-state index contributed by atoms with van der Waals surface area (Å²) in [5, 5.41) is 13.5. The third kappa shape index (κ3) is 6.03. The molecule has 7 nitrogen and oxygen atoms in total. The molecule has 2 aromatic carbocycles. The molecule has 0 aliphatic carbocycles. The van der Waals surface area contributed by atoms with Crippen molar-refractivity contribution in [3.8, 4) is 5.69 Å². The molecule has 2 heterocycles. The smallest absolute Gasteiger partial charge is 0.234 e. The predicted molar refractivity (Wildman–Crippen MR) is 131 cm³/mol. The van der Waals surface area contributed by atoms with Gasteiger partial charge in [-0.05, 0) is 58.4 Å². The van der Waals surface area contributed by atoms with E-state index in [1.807, 2.05) is 28.8 Å². The molecule has 1 N–H and O–H groups in total. The highest BCUT2D eigenvalue weighted by Crippen LogP contribution is 2.27. The molecule has 4 rings (SSSR count). The molecule has 32 heavy (non-hydrogen) atoms. The first-order valence-electron chi connectivity index (χ1n) is 9.87. The Morgan fingerprint density at radius 1 is 1.12 bits per heavy atom. The van der Waals surface area contributed by atoms with Gasteiger partial charge in [-0.2, -0.15) is 0 Å². The minimum Gasteiger partial charge on any atom is -0.379 e. The lowest BCUT2D eigenvalue weighted by Gasteiger charge is -2.26. The Hall–Kier alpha value is -1.62. The van der Waals surface area contributed by atoms with Crippen LogP contribution in [0.2, 0.25) is 10.0 Å². The number of benzene rings is 2. The Balaban J connectivity index is 1.50. The maximum atomic E-state index is 12.5. The molecule has 0 radical (unpaired) electrons. The highest BCUT2D eigenvalue weighted by atomic mass is 79.9. The van der Waals surface area contributed by atoms with Crippen molar-refractivity contribution in [3.63, 3.8) is 0 Å². The second-order valence-electron chi connectivity index (χ2n) is 7.06. The van der Waals surface area contributed by atoms with Crippen LogP contribution in [0.1, 0.15) is 5.82 Å². The first-order chi connectivity index (χ1) is 15.5. The standard InChI is InChI=1S/C21H20BrCl2N5O2S/c22-17-6-3-15(11-18(17)24)25-20(30)13-32-21-27-26-19(12-28-7-9-31-10-8-28)29(21)16-4-1-14(23)2-5-16/h1-6,11H,7-10,12-13H2,(H,25,30). The third-order valence-corrected chi connectivity index (χ3v) is 7.20. The molecule has 0 saturated carbocycles. The van der Waals surface area contributed by atoms with Crippen LogP contribution in [0.25, 0.3) is 5.69 Å². The lowest BCUT2D eigenvalue weighted by molar-refractivity contribution is -0.113. The number of aromatic nitrogens is 3. The van der Waals surface area contributed by atoms with Crippen molar-refractivity contribution in [3.05, 3.63) is 62.8 Å². The number of nitrogens with one attached hydrogen (secondary N) is 1. The Morgan fingerprint density at radius 2 is 1.88 bits per heavy atom. The number of carbonyl (C=O) groups is 1. The van der Waals surface area contributed by atoms with Crippen LogP contribution < -0.4 is 5.32 Å². The van der Waals surface area contributed by atoms with E-state index in [9.17, 15) is 4.79 Å². The van der Waals surface area contributed by atoms with Crippen LogP contribution in [0.4, 0.5) is 5.69 Å². The molecule has 0 atom stereocenters. The summed E-state index contributed by atoms with van der Waals surface area (Å²) in [6, 6.07) is 12.8. The molecule has 0 bridgehead atoms. The van der Waals surface area contributed by atoms with E-state index in [-0.39, 0.29) is 11.7 Å². The minimum atomic E-state index is -0.159. The highest BCUT2D eigenvalue weighted by molar-refractivity contribution is 9.10. The zero-order valence-corrected chi connectivity index (χ0v) is 20.8. The Morgan fingerprint density at radius 3 is 2.59 bits per heavy atom. The normalized spacial score (nSPS) is 14.5. The Kier molecular flexibility index (Phi) is 8.09. The van der Waals surface area contributed by atoms with Crippen LogP contribution in [0.3, 0.4) is 0 Å². The highest BCUT2D eigenvalue weighted by Gasteiger charge is 2.20. The van der Waals surface area contributed by atoms with Crippen molar-refractivity contribution in [2.45, 2.75) is 11.7 Å². The first kappa shape index (κ1) is 23.5. The SMILES string of the molecule is O=C(CSc1nnc(CN2CCOCC2)n1-c1ccc(Cl)cc1)Nc1ccc(Br)c(Cl)c1. The van der Waals surface area contributed by atoms with Gasteiger partial charge in [0.2, 0.25) is 5.91 Å². The lowest BCUT2D eigenvalue weighted by Crippen LogP contribution is -2.36. The van der Waals surface area contributed by atoms with Crippen LogP contribution in [0.15, 0.2) is 52.1 Å². The fraction of sp³-hybridized carbons (Fsp3) is 0.286. The van der Waals surface area contributed by atoms with E-state index in [4.69, 9.17) is 27.9 Å². The van der Waals surface area contributed by atoms with Crippen LogP contribution >= 0.6 is 50.9 Å². The average Bonchev–Trinajstić information content (AvgIpc) is 3.18. The summed E-state index contributed by atoms with van der Waals surface area (Å²) in [5.74, 6) is 0.822. The number of morpholine rings is 1. The molecule has 1 saturated heterocycles. The van der Waals surface area contributed by atoms with Gasteiger partial charge < -0.3 is 10.1 Å². The topological polar surface area (TPSA) is 72.3 Å². The van der Waals surface area contributed by atoms with Crippen LogP contribution in [-0.4, -0.2) is 57.6 Å². The van der Waals surface area contributed by atoms with Gasteiger partial charge in [0.1, 0.15) is 0 Å². The van der Waals surface area contributed by atoms with Gasteiger partial charge >= 0.3 is 0 Å². The second kappa shape index (κ2) is 11.0. The summed E-state index contributed by atoms with van der Waals surface area (Å²) in [6.45, 7) is 3.74. The van der Waals surface area contributed by atoms with Crippen molar-refractivity contribution in [1.29, 1.82) is 0 Å². The van der Waals surface area contributed by atoms with Gasteiger partial charge in [-0.3, -0.25) is 14.3 Å².